The van der Waals surface area contributed by atoms with Gasteiger partial charge in [-0.3, -0.25) is 4.68 Å². The van der Waals surface area contributed by atoms with E-state index in [1.807, 2.05) is 11.7 Å². The summed E-state index contributed by atoms with van der Waals surface area (Å²) in [7, 11) is 3.61. The second-order valence-corrected chi connectivity index (χ2v) is 5.28. The lowest BCUT2D eigenvalue weighted by atomic mass is 9.78. The molecule has 1 aromatic heterocycles. The number of methoxy groups -OCH3 is 1. The zero-order valence-corrected chi connectivity index (χ0v) is 11.0. The van der Waals surface area contributed by atoms with Crippen molar-refractivity contribution in [3.8, 4) is 5.75 Å². The quantitative estimate of drug-likeness (QED) is 0.877. The molecule has 1 heterocycles. The summed E-state index contributed by atoms with van der Waals surface area (Å²) in [5, 5.41) is 4.23. The van der Waals surface area contributed by atoms with Gasteiger partial charge in [0.25, 0.3) is 0 Å². The van der Waals surface area contributed by atoms with Gasteiger partial charge in [0.15, 0.2) is 5.75 Å². The van der Waals surface area contributed by atoms with E-state index in [4.69, 9.17) is 10.5 Å². The Bertz CT molecular complexity index is 375. The summed E-state index contributed by atoms with van der Waals surface area (Å²) in [5.41, 5.74) is 7.45. The monoisotopic (exact) mass is 237 g/mol. The van der Waals surface area contributed by atoms with E-state index < -0.39 is 0 Å². The van der Waals surface area contributed by atoms with Gasteiger partial charge < -0.3 is 10.5 Å². The van der Waals surface area contributed by atoms with Crippen molar-refractivity contribution in [2.45, 2.75) is 38.6 Å². The molecular weight excluding hydrogens is 214 g/mol. The fraction of sp³-hybridized carbons (Fsp3) is 0.769. The van der Waals surface area contributed by atoms with Gasteiger partial charge in [-0.1, -0.05) is 19.8 Å². The Labute approximate surface area is 103 Å². The van der Waals surface area contributed by atoms with Gasteiger partial charge in [-0.15, -0.1) is 0 Å². The predicted octanol–water partition coefficient (Wildman–Crippen LogP) is 2.25. The van der Waals surface area contributed by atoms with Crippen LogP contribution in [0.3, 0.4) is 0 Å². The van der Waals surface area contributed by atoms with E-state index in [-0.39, 0.29) is 6.04 Å². The Kier molecular flexibility index (Phi) is 3.72. The van der Waals surface area contributed by atoms with Crippen LogP contribution in [0.2, 0.25) is 0 Å². The maximum Gasteiger partial charge on any atom is 0.161 e. The van der Waals surface area contributed by atoms with E-state index in [1.54, 1.807) is 13.3 Å². The third kappa shape index (κ3) is 2.46. The molecule has 0 bridgehead atoms. The average Bonchev–Trinajstić information content (AvgIpc) is 2.69. The molecule has 0 amide bonds. The van der Waals surface area contributed by atoms with Crippen LogP contribution in [-0.2, 0) is 7.05 Å². The van der Waals surface area contributed by atoms with Crippen LogP contribution in [0.15, 0.2) is 6.20 Å². The highest BCUT2D eigenvalue weighted by atomic mass is 16.5. The Morgan fingerprint density at radius 2 is 2.29 bits per heavy atom. The Morgan fingerprint density at radius 1 is 1.53 bits per heavy atom. The molecule has 96 valence electrons. The van der Waals surface area contributed by atoms with Crippen LogP contribution in [0, 0.1) is 11.8 Å². The molecule has 3 unspecified atom stereocenters. The summed E-state index contributed by atoms with van der Waals surface area (Å²) in [6.07, 6.45) is 6.82. The fourth-order valence-electron chi connectivity index (χ4n) is 2.99. The number of aromatic nitrogens is 2. The highest BCUT2D eigenvalue weighted by molar-refractivity contribution is 5.28. The van der Waals surface area contributed by atoms with E-state index in [0.717, 1.165) is 17.4 Å². The first-order valence-electron chi connectivity index (χ1n) is 6.45. The van der Waals surface area contributed by atoms with Crippen molar-refractivity contribution in [1.82, 2.24) is 9.78 Å². The van der Waals surface area contributed by atoms with E-state index >= 15 is 0 Å². The molecular formula is C13H23N3O. The molecule has 0 radical (unpaired) electrons. The smallest absolute Gasteiger partial charge is 0.161 e. The lowest BCUT2D eigenvalue weighted by Gasteiger charge is -2.31. The van der Waals surface area contributed by atoms with Gasteiger partial charge >= 0.3 is 0 Å². The molecule has 0 aliphatic heterocycles. The van der Waals surface area contributed by atoms with Crippen molar-refractivity contribution >= 4 is 0 Å². The maximum atomic E-state index is 6.41. The molecule has 1 aromatic rings. The topological polar surface area (TPSA) is 53.1 Å². The molecule has 1 aliphatic rings. The van der Waals surface area contributed by atoms with E-state index in [2.05, 4.69) is 12.0 Å². The van der Waals surface area contributed by atoms with Gasteiger partial charge in [0.1, 0.15) is 0 Å². The molecule has 3 atom stereocenters. The highest BCUT2D eigenvalue weighted by Crippen LogP contribution is 2.38. The van der Waals surface area contributed by atoms with Crippen molar-refractivity contribution in [1.29, 1.82) is 0 Å². The van der Waals surface area contributed by atoms with Gasteiger partial charge in [-0.05, 0) is 24.7 Å². The van der Waals surface area contributed by atoms with Gasteiger partial charge in [0, 0.05) is 7.05 Å². The zero-order chi connectivity index (χ0) is 12.4. The van der Waals surface area contributed by atoms with Gasteiger partial charge in [0.05, 0.1) is 25.0 Å². The minimum atomic E-state index is 0.0419. The summed E-state index contributed by atoms with van der Waals surface area (Å²) in [6.45, 7) is 2.32. The molecule has 1 fully saturated rings. The lowest BCUT2D eigenvalue weighted by Crippen LogP contribution is -2.28. The Morgan fingerprint density at radius 3 is 2.94 bits per heavy atom. The minimum Gasteiger partial charge on any atom is -0.493 e. The van der Waals surface area contributed by atoms with Gasteiger partial charge in [-0.2, -0.15) is 5.10 Å². The van der Waals surface area contributed by atoms with Crippen molar-refractivity contribution < 1.29 is 4.74 Å². The van der Waals surface area contributed by atoms with Crippen LogP contribution < -0.4 is 10.5 Å². The van der Waals surface area contributed by atoms with E-state index in [9.17, 15) is 0 Å². The average molecular weight is 237 g/mol. The van der Waals surface area contributed by atoms with E-state index in [1.165, 1.54) is 25.7 Å². The molecule has 0 aromatic carbocycles. The van der Waals surface area contributed by atoms with Crippen molar-refractivity contribution in [3.05, 3.63) is 11.9 Å². The summed E-state index contributed by atoms with van der Waals surface area (Å²) in [5.74, 6) is 2.17. The first-order chi connectivity index (χ1) is 8.13. The van der Waals surface area contributed by atoms with Crippen LogP contribution in [0.25, 0.3) is 0 Å². The van der Waals surface area contributed by atoms with Crippen molar-refractivity contribution in [2.24, 2.45) is 24.6 Å². The maximum absolute atomic E-state index is 6.41. The SMILES string of the molecule is COc1cnn(C)c1C(N)C1CCCC(C)C1. The summed E-state index contributed by atoms with van der Waals surface area (Å²) in [4.78, 5) is 0. The zero-order valence-electron chi connectivity index (χ0n) is 11.0. The van der Waals surface area contributed by atoms with Crippen LogP contribution in [0.5, 0.6) is 5.75 Å². The molecule has 2 N–H and O–H groups in total. The number of hydrogen-bond acceptors (Lipinski definition) is 3. The normalized spacial score (nSPS) is 26.8. The highest BCUT2D eigenvalue weighted by Gasteiger charge is 2.29. The second-order valence-electron chi connectivity index (χ2n) is 5.28. The minimum absolute atomic E-state index is 0.0419. The van der Waals surface area contributed by atoms with Crippen LogP contribution >= 0.6 is 0 Å². The third-order valence-corrected chi connectivity index (χ3v) is 3.97. The molecule has 1 aliphatic carbocycles. The Balaban J connectivity index is 2.17. The fourth-order valence-corrected chi connectivity index (χ4v) is 2.99. The molecule has 17 heavy (non-hydrogen) atoms. The first-order valence-corrected chi connectivity index (χ1v) is 6.45. The first kappa shape index (κ1) is 12.4. The largest absolute Gasteiger partial charge is 0.493 e. The molecule has 2 rings (SSSR count). The number of hydrogen-bond donors (Lipinski definition) is 1. The van der Waals surface area contributed by atoms with Crippen LogP contribution in [0.4, 0.5) is 0 Å². The van der Waals surface area contributed by atoms with Crippen molar-refractivity contribution in [3.63, 3.8) is 0 Å². The number of nitrogens with zero attached hydrogens (tertiary/aromatic N) is 2. The number of aryl methyl sites for hydroxylation is 1. The van der Waals surface area contributed by atoms with Crippen LogP contribution in [-0.4, -0.2) is 16.9 Å². The lowest BCUT2D eigenvalue weighted by molar-refractivity contribution is 0.239. The number of rotatable bonds is 3. The van der Waals surface area contributed by atoms with Gasteiger partial charge in [0.2, 0.25) is 0 Å². The molecule has 0 saturated heterocycles. The van der Waals surface area contributed by atoms with Crippen LogP contribution in [0.1, 0.15) is 44.3 Å². The van der Waals surface area contributed by atoms with E-state index in [0.29, 0.717) is 5.92 Å². The molecule has 4 heteroatoms. The third-order valence-electron chi connectivity index (χ3n) is 3.97. The standard InChI is InChI=1S/C13H23N3O/c1-9-5-4-6-10(7-9)12(14)13-11(17-3)8-15-16(13)2/h8-10,12H,4-7,14H2,1-3H3. The summed E-state index contributed by atoms with van der Waals surface area (Å²) < 4.78 is 7.19. The molecule has 1 saturated carbocycles. The predicted molar refractivity (Wildman–Crippen MR) is 67.8 cm³/mol. The second kappa shape index (κ2) is 5.08. The van der Waals surface area contributed by atoms with Gasteiger partial charge in [-0.25, -0.2) is 0 Å². The molecule has 0 spiro atoms. The summed E-state index contributed by atoms with van der Waals surface area (Å²) >= 11 is 0. The Hall–Kier alpha value is -1.03. The summed E-state index contributed by atoms with van der Waals surface area (Å²) in [6, 6.07) is 0.0419. The molecule has 4 nitrogen and oxygen atoms in total. The number of nitrogens with two attached hydrogens (primary N) is 1. The number of ether oxygens (including phenoxy) is 1. The van der Waals surface area contributed by atoms with Crippen molar-refractivity contribution in [2.75, 3.05) is 7.11 Å².